The normalized spacial score (nSPS) is 20.1. The highest BCUT2D eigenvalue weighted by molar-refractivity contribution is 6.07. The van der Waals surface area contributed by atoms with Crippen molar-refractivity contribution in [3.8, 4) is 0 Å². The standard InChI is InChI=1S/C27H32N4O4/c32-23(16-18-8-12-28-13-9-18)31-24(19-4-2-1-3-5-19)25(33)29-20-6-7-21-22(17-20)30-26(34)27(21)10-14-35-15-11-27/h6-9,12-13,17,19,24H,1-5,10-11,14-16H2,(H,29,33)(H,30,34)(H,31,32)/t24-/m0/s1. The number of hydrogen-bond donors (Lipinski definition) is 3. The van der Waals surface area contributed by atoms with E-state index in [9.17, 15) is 14.4 Å². The molecule has 2 fully saturated rings. The summed E-state index contributed by atoms with van der Waals surface area (Å²) in [4.78, 5) is 43.0. The molecule has 5 rings (SSSR count). The Hall–Kier alpha value is -3.26. The number of benzene rings is 1. The number of nitrogens with zero attached hydrogens (tertiary/aromatic N) is 1. The molecule has 1 atom stereocenters. The second-order valence-corrected chi connectivity index (χ2v) is 9.87. The molecule has 0 unspecified atom stereocenters. The molecule has 8 nitrogen and oxygen atoms in total. The smallest absolute Gasteiger partial charge is 0.247 e. The number of anilines is 2. The molecule has 1 saturated heterocycles. The maximum absolute atomic E-state index is 13.4. The van der Waals surface area contributed by atoms with E-state index in [1.54, 1.807) is 24.5 Å². The molecule has 2 aromatic rings. The second kappa shape index (κ2) is 10.2. The van der Waals surface area contributed by atoms with E-state index in [0.717, 1.165) is 48.9 Å². The highest BCUT2D eigenvalue weighted by Gasteiger charge is 2.47. The van der Waals surface area contributed by atoms with Crippen LogP contribution < -0.4 is 16.0 Å². The molecule has 1 spiro atoms. The van der Waals surface area contributed by atoms with E-state index in [-0.39, 0.29) is 30.1 Å². The molecule has 35 heavy (non-hydrogen) atoms. The van der Waals surface area contributed by atoms with E-state index < -0.39 is 11.5 Å². The van der Waals surface area contributed by atoms with Crippen LogP contribution in [0.1, 0.15) is 56.1 Å². The highest BCUT2D eigenvalue weighted by atomic mass is 16.5. The lowest BCUT2D eigenvalue weighted by Crippen LogP contribution is -2.49. The van der Waals surface area contributed by atoms with Gasteiger partial charge in [0, 0.05) is 37.0 Å². The fourth-order valence-corrected chi connectivity index (χ4v) is 5.72. The topological polar surface area (TPSA) is 109 Å². The van der Waals surface area contributed by atoms with Crippen LogP contribution in [0.25, 0.3) is 0 Å². The third-order valence-corrected chi connectivity index (χ3v) is 7.67. The molecule has 3 N–H and O–H groups in total. The number of amides is 3. The van der Waals surface area contributed by atoms with Gasteiger partial charge in [0.05, 0.1) is 11.8 Å². The molecular formula is C27H32N4O4. The summed E-state index contributed by atoms with van der Waals surface area (Å²) in [5.74, 6) is -0.290. The molecule has 184 valence electrons. The number of fused-ring (bicyclic) bond motifs is 2. The minimum absolute atomic E-state index is 0.00253. The summed E-state index contributed by atoms with van der Waals surface area (Å²) in [6, 6.07) is 8.62. The Morgan fingerprint density at radius 2 is 1.83 bits per heavy atom. The van der Waals surface area contributed by atoms with Gasteiger partial charge in [0.1, 0.15) is 6.04 Å². The van der Waals surface area contributed by atoms with Crippen molar-refractivity contribution in [2.75, 3.05) is 23.8 Å². The van der Waals surface area contributed by atoms with Gasteiger partial charge in [0.25, 0.3) is 0 Å². The van der Waals surface area contributed by atoms with E-state index in [4.69, 9.17) is 4.74 Å². The van der Waals surface area contributed by atoms with Gasteiger partial charge in [-0.05, 0) is 67.0 Å². The number of pyridine rings is 1. The summed E-state index contributed by atoms with van der Waals surface area (Å²) < 4.78 is 5.47. The van der Waals surface area contributed by atoms with Crippen LogP contribution in [0.5, 0.6) is 0 Å². The number of rotatable bonds is 6. The summed E-state index contributed by atoms with van der Waals surface area (Å²) in [5.41, 5.74) is 2.64. The SMILES string of the molecule is O=C(Cc1ccncc1)N[C@H](C(=O)Nc1ccc2c(c1)NC(=O)C21CCOCC1)C1CCCCC1. The molecule has 0 radical (unpaired) electrons. The average Bonchev–Trinajstić information content (AvgIpc) is 3.14. The first-order valence-corrected chi connectivity index (χ1v) is 12.6. The van der Waals surface area contributed by atoms with Crippen LogP contribution in [-0.2, 0) is 31.0 Å². The quantitative estimate of drug-likeness (QED) is 0.593. The number of carbonyl (C=O) groups is 3. The Balaban J connectivity index is 1.31. The summed E-state index contributed by atoms with van der Waals surface area (Å²) in [6.45, 7) is 1.13. The lowest BCUT2D eigenvalue weighted by molar-refractivity contribution is -0.127. The van der Waals surface area contributed by atoms with Gasteiger partial charge < -0.3 is 20.7 Å². The third kappa shape index (κ3) is 4.93. The van der Waals surface area contributed by atoms with Crippen LogP contribution in [0.2, 0.25) is 0 Å². The monoisotopic (exact) mass is 476 g/mol. The molecule has 1 aliphatic carbocycles. The van der Waals surface area contributed by atoms with Crippen LogP contribution in [-0.4, -0.2) is 42.0 Å². The Kier molecular flexibility index (Phi) is 6.81. The number of ether oxygens (including phenoxy) is 1. The van der Waals surface area contributed by atoms with Crippen LogP contribution in [0.15, 0.2) is 42.7 Å². The van der Waals surface area contributed by atoms with Crippen molar-refractivity contribution in [3.05, 3.63) is 53.9 Å². The lowest BCUT2D eigenvalue weighted by atomic mass is 9.75. The Morgan fingerprint density at radius 1 is 1.09 bits per heavy atom. The van der Waals surface area contributed by atoms with Crippen molar-refractivity contribution >= 4 is 29.1 Å². The van der Waals surface area contributed by atoms with Gasteiger partial charge in [-0.1, -0.05) is 25.3 Å². The molecule has 3 amide bonds. The van der Waals surface area contributed by atoms with Gasteiger partial charge in [0.2, 0.25) is 17.7 Å². The van der Waals surface area contributed by atoms with E-state index in [1.165, 1.54) is 0 Å². The number of carbonyl (C=O) groups excluding carboxylic acids is 3. The maximum Gasteiger partial charge on any atom is 0.247 e. The lowest BCUT2D eigenvalue weighted by Gasteiger charge is -2.31. The molecule has 1 aromatic carbocycles. The molecule has 2 aliphatic heterocycles. The van der Waals surface area contributed by atoms with Crippen LogP contribution in [0, 0.1) is 5.92 Å². The molecule has 3 aliphatic rings. The third-order valence-electron chi connectivity index (χ3n) is 7.67. The van der Waals surface area contributed by atoms with Gasteiger partial charge >= 0.3 is 0 Å². The summed E-state index contributed by atoms with van der Waals surface area (Å²) in [7, 11) is 0. The molecule has 1 aromatic heterocycles. The minimum Gasteiger partial charge on any atom is -0.381 e. The first kappa shape index (κ1) is 23.5. The van der Waals surface area contributed by atoms with Gasteiger partial charge in [-0.15, -0.1) is 0 Å². The predicted octanol–water partition coefficient (Wildman–Crippen LogP) is 3.33. The predicted molar refractivity (Wildman–Crippen MR) is 132 cm³/mol. The Labute approximate surface area is 205 Å². The first-order chi connectivity index (χ1) is 17.0. The fourth-order valence-electron chi connectivity index (χ4n) is 5.72. The van der Waals surface area contributed by atoms with E-state index >= 15 is 0 Å². The number of aromatic nitrogens is 1. The Morgan fingerprint density at radius 3 is 2.57 bits per heavy atom. The highest BCUT2D eigenvalue weighted by Crippen LogP contribution is 2.45. The zero-order valence-corrected chi connectivity index (χ0v) is 19.8. The van der Waals surface area contributed by atoms with Crippen LogP contribution in [0.3, 0.4) is 0 Å². The molecule has 3 heterocycles. The van der Waals surface area contributed by atoms with Crippen molar-refractivity contribution in [1.29, 1.82) is 0 Å². The van der Waals surface area contributed by atoms with E-state index in [1.807, 2.05) is 18.2 Å². The van der Waals surface area contributed by atoms with Crippen molar-refractivity contribution in [3.63, 3.8) is 0 Å². The summed E-state index contributed by atoms with van der Waals surface area (Å²) in [6.07, 6.45) is 9.95. The van der Waals surface area contributed by atoms with Crippen molar-refractivity contribution in [2.24, 2.45) is 5.92 Å². The zero-order valence-electron chi connectivity index (χ0n) is 19.8. The number of nitrogens with one attached hydrogen (secondary N) is 3. The maximum atomic E-state index is 13.4. The van der Waals surface area contributed by atoms with Crippen LogP contribution >= 0.6 is 0 Å². The number of hydrogen-bond acceptors (Lipinski definition) is 5. The summed E-state index contributed by atoms with van der Waals surface area (Å²) in [5, 5.41) is 9.01. The first-order valence-electron chi connectivity index (χ1n) is 12.6. The fraction of sp³-hybridized carbons (Fsp3) is 0.481. The largest absolute Gasteiger partial charge is 0.381 e. The molecular weight excluding hydrogens is 444 g/mol. The minimum atomic E-state index is -0.602. The van der Waals surface area contributed by atoms with Crippen molar-refractivity contribution in [2.45, 2.75) is 62.8 Å². The summed E-state index contributed by atoms with van der Waals surface area (Å²) >= 11 is 0. The van der Waals surface area contributed by atoms with Crippen molar-refractivity contribution in [1.82, 2.24) is 10.3 Å². The van der Waals surface area contributed by atoms with Gasteiger partial charge in [0.15, 0.2) is 0 Å². The van der Waals surface area contributed by atoms with Crippen molar-refractivity contribution < 1.29 is 19.1 Å². The Bertz CT molecular complexity index is 1090. The van der Waals surface area contributed by atoms with E-state index in [0.29, 0.717) is 31.7 Å². The van der Waals surface area contributed by atoms with Crippen LogP contribution in [0.4, 0.5) is 11.4 Å². The molecule has 0 bridgehead atoms. The molecule has 8 heteroatoms. The van der Waals surface area contributed by atoms with Gasteiger partial charge in [-0.2, -0.15) is 0 Å². The zero-order chi connectivity index (χ0) is 24.3. The molecule has 1 saturated carbocycles. The van der Waals surface area contributed by atoms with Gasteiger partial charge in [-0.25, -0.2) is 0 Å². The second-order valence-electron chi connectivity index (χ2n) is 9.87. The average molecular weight is 477 g/mol. The van der Waals surface area contributed by atoms with Gasteiger partial charge in [-0.3, -0.25) is 19.4 Å². The van der Waals surface area contributed by atoms with E-state index in [2.05, 4.69) is 20.9 Å².